The highest BCUT2D eigenvalue weighted by Gasteiger charge is 2.34. The third kappa shape index (κ3) is 3.57. The van der Waals surface area contributed by atoms with Gasteiger partial charge in [-0.15, -0.1) is 0 Å². The van der Waals surface area contributed by atoms with Crippen molar-refractivity contribution in [2.45, 2.75) is 31.3 Å². The Morgan fingerprint density at radius 2 is 1.96 bits per heavy atom. The first-order valence-corrected chi connectivity index (χ1v) is 10.6. The largest absolute Gasteiger partial charge is 0.361 e. The van der Waals surface area contributed by atoms with E-state index in [1.807, 2.05) is 30.5 Å². The van der Waals surface area contributed by atoms with Gasteiger partial charge < -0.3 is 10.3 Å². The van der Waals surface area contributed by atoms with Crippen LogP contribution in [0.25, 0.3) is 10.9 Å². The fraction of sp³-hybridized carbons (Fsp3) is 0.500. The molecule has 2 aliphatic rings. The number of piperidine rings is 1. The average molecular weight is 361 g/mol. The van der Waals surface area contributed by atoms with Crippen molar-refractivity contribution in [3.63, 3.8) is 0 Å². The van der Waals surface area contributed by atoms with Crippen molar-refractivity contribution in [1.29, 1.82) is 0 Å². The zero-order chi connectivity index (χ0) is 17.4. The highest BCUT2D eigenvalue weighted by atomic mass is 32.2. The Balaban J connectivity index is 1.33. The smallest absolute Gasteiger partial charge is 0.251 e. The van der Waals surface area contributed by atoms with Gasteiger partial charge in [-0.3, -0.25) is 9.69 Å². The second-order valence-electron chi connectivity index (χ2n) is 7.12. The minimum Gasteiger partial charge on any atom is -0.361 e. The highest BCUT2D eigenvalue weighted by molar-refractivity contribution is 7.91. The van der Waals surface area contributed by atoms with Gasteiger partial charge in [0.05, 0.1) is 11.5 Å². The molecule has 1 amide bonds. The average Bonchev–Trinajstić information content (AvgIpc) is 3.20. The van der Waals surface area contributed by atoms with Crippen molar-refractivity contribution in [2.24, 2.45) is 0 Å². The van der Waals surface area contributed by atoms with E-state index in [0.717, 1.165) is 43.3 Å². The number of rotatable bonds is 3. The van der Waals surface area contributed by atoms with E-state index < -0.39 is 9.84 Å². The number of aromatic nitrogens is 1. The number of likely N-dealkylation sites (tertiary alicyclic amines) is 1. The lowest BCUT2D eigenvalue weighted by Crippen LogP contribution is -2.48. The molecule has 3 heterocycles. The summed E-state index contributed by atoms with van der Waals surface area (Å²) in [5.74, 6) is 0.564. The molecule has 0 radical (unpaired) electrons. The summed E-state index contributed by atoms with van der Waals surface area (Å²) >= 11 is 0. The van der Waals surface area contributed by atoms with Crippen LogP contribution in [0.1, 0.15) is 29.6 Å². The summed E-state index contributed by atoms with van der Waals surface area (Å²) in [6.45, 7) is 1.70. The van der Waals surface area contributed by atoms with Crippen LogP contribution in [0.3, 0.4) is 0 Å². The summed E-state index contributed by atoms with van der Waals surface area (Å²) in [4.78, 5) is 17.9. The maximum atomic E-state index is 12.5. The lowest BCUT2D eigenvalue weighted by molar-refractivity contribution is 0.0898. The van der Waals surface area contributed by atoms with Crippen molar-refractivity contribution < 1.29 is 13.2 Å². The van der Waals surface area contributed by atoms with Crippen molar-refractivity contribution >= 4 is 26.6 Å². The number of carbonyl (C=O) groups is 1. The van der Waals surface area contributed by atoms with Crippen LogP contribution in [0.2, 0.25) is 0 Å². The Bertz CT molecular complexity index is 882. The summed E-state index contributed by atoms with van der Waals surface area (Å²) in [6.07, 6.45) is 4.35. The highest BCUT2D eigenvalue weighted by Crippen LogP contribution is 2.22. The molecule has 4 rings (SSSR count). The second kappa shape index (κ2) is 6.46. The number of hydrogen-bond acceptors (Lipinski definition) is 4. The van der Waals surface area contributed by atoms with Gasteiger partial charge in [0.2, 0.25) is 0 Å². The first-order valence-electron chi connectivity index (χ1n) is 8.83. The molecule has 1 aromatic carbocycles. The van der Waals surface area contributed by atoms with Gasteiger partial charge in [-0.2, -0.15) is 0 Å². The van der Waals surface area contributed by atoms with Gasteiger partial charge in [0.1, 0.15) is 0 Å². The number of aromatic amines is 1. The molecule has 2 aliphatic heterocycles. The molecule has 2 fully saturated rings. The molecule has 1 unspecified atom stereocenters. The molecule has 134 valence electrons. The van der Waals surface area contributed by atoms with Crippen LogP contribution < -0.4 is 5.32 Å². The lowest BCUT2D eigenvalue weighted by Gasteiger charge is -2.35. The normalized spacial score (nSPS) is 24.6. The van der Waals surface area contributed by atoms with Crippen LogP contribution in [-0.2, 0) is 9.84 Å². The predicted molar refractivity (Wildman–Crippen MR) is 97.4 cm³/mol. The first-order chi connectivity index (χ1) is 12.0. The van der Waals surface area contributed by atoms with E-state index in [9.17, 15) is 13.2 Å². The van der Waals surface area contributed by atoms with Gasteiger partial charge in [-0.05, 0) is 42.8 Å². The Hall–Kier alpha value is -1.86. The molecule has 2 aromatic rings. The number of nitrogens with one attached hydrogen (secondary N) is 2. The van der Waals surface area contributed by atoms with Crippen molar-refractivity contribution in [3.8, 4) is 0 Å². The fourth-order valence-corrected chi connectivity index (χ4v) is 5.69. The van der Waals surface area contributed by atoms with Crippen molar-refractivity contribution in [3.05, 3.63) is 36.0 Å². The van der Waals surface area contributed by atoms with Crippen LogP contribution in [0.15, 0.2) is 30.5 Å². The van der Waals surface area contributed by atoms with Gasteiger partial charge in [-0.25, -0.2) is 8.42 Å². The van der Waals surface area contributed by atoms with E-state index in [-0.39, 0.29) is 18.0 Å². The van der Waals surface area contributed by atoms with E-state index in [2.05, 4.69) is 15.2 Å². The number of sulfone groups is 1. The second-order valence-corrected chi connectivity index (χ2v) is 9.35. The molecular formula is C18H23N3O3S. The number of hydrogen-bond donors (Lipinski definition) is 2. The summed E-state index contributed by atoms with van der Waals surface area (Å²) in [5.41, 5.74) is 1.63. The monoisotopic (exact) mass is 361 g/mol. The van der Waals surface area contributed by atoms with Gasteiger partial charge in [-0.1, -0.05) is 6.07 Å². The van der Waals surface area contributed by atoms with Gasteiger partial charge in [0.25, 0.3) is 5.91 Å². The maximum absolute atomic E-state index is 12.5. The SMILES string of the molecule is O=C(NC1CCN(C2CCS(=O)(=O)C2)CC1)c1ccc2cc[nH]c2c1. The molecular weight excluding hydrogens is 338 g/mol. The Morgan fingerprint density at radius 3 is 2.68 bits per heavy atom. The molecule has 0 aliphatic carbocycles. The van der Waals surface area contributed by atoms with E-state index in [0.29, 0.717) is 17.1 Å². The number of carbonyl (C=O) groups excluding carboxylic acids is 1. The first kappa shape index (κ1) is 16.6. The van der Waals surface area contributed by atoms with Gasteiger partial charge in [0.15, 0.2) is 9.84 Å². The zero-order valence-electron chi connectivity index (χ0n) is 14.1. The molecule has 2 saturated heterocycles. The summed E-state index contributed by atoms with van der Waals surface area (Å²) in [6, 6.07) is 7.98. The molecule has 25 heavy (non-hydrogen) atoms. The van der Waals surface area contributed by atoms with Gasteiger partial charge >= 0.3 is 0 Å². The Morgan fingerprint density at radius 1 is 1.16 bits per heavy atom. The predicted octanol–water partition coefficient (Wildman–Crippen LogP) is 1.55. The van der Waals surface area contributed by atoms with Crippen molar-refractivity contribution in [2.75, 3.05) is 24.6 Å². The number of benzene rings is 1. The van der Waals surface area contributed by atoms with Crippen molar-refractivity contribution in [1.82, 2.24) is 15.2 Å². The van der Waals surface area contributed by atoms with E-state index in [4.69, 9.17) is 0 Å². The molecule has 2 N–H and O–H groups in total. The quantitative estimate of drug-likeness (QED) is 0.869. The Kier molecular flexibility index (Phi) is 4.29. The van der Waals surface area contributed by atoms with E-state index in [1.165, 1.54) is 0 Å². The summed E-state index contributed by atoms with van der Waals surface area (Å²) in [5, 5.41) is 4.22. The number of nitrogens with zero attached hydrogens (tertiary/aromatic N) is 1. The molecule has 0 saturated carbocycles. The molecule has 1 aromatic heterocycles. The lowest BCUT2D eigenvalue weighted by atomic mass is 10.0. The molecule has 0 spiro atoms. The molecule has 6 nitrogen and oxygen atoms in total. The third-order valence-corrected chi connectivity index (χ3v) is 7.16. The maximum Gasteiger partial charge on any atom is 0.251 e. The number of H-pyrrole nitrogens is 1. The number of fused-ring (bicyclic) bond motifs is 1. The van der Waals surface area contributed by atoms with Crippen LogP contribution in [-0.4, -0.2) is 60.9 Å². The van der Waals surface area contributed by atoms with Gasteiger partial charge in [0, 0.05) is 42.5 Å². The standard InChI is InChI=1S/C18H23N3O3S/c22-18(14-2-1-13-3-7-19-17(13)11-14)20-15-4-8-21(9-5-15)16-6-10-25(23,24)12-16/h1-3,7,11,15-16,19H,4-6,8-10,12H2,(H,20,22). The zero-order valence-corrected chi connectivity index (χ0v) is 14.9. The van der Waals surface area contributed by atoms with Crippen LogP contribution in [0.4, 0.5) is 0 Å². The minimum atomic E-state index is -2.84. The summed E-state index contributed by atoms with van der Waals surface area (Å²) in [7, 11) is -2.84. The third-order valence-electron chi connectivity index (χ3n) is 5.41. The Labute approximate surface area is 147 Å². The fourth-order valence-electron chi connectivity index (χ4n) is 3.93. The molecule has 7 heteroatoms. The van der Waals surface area contributed by atoms with E-state index >= 15 is 0 Å². The molecule has 1 atom stereocenters. The molecule has 0 bridgehead atoms. The summed E-state index contributed by atoms with van der Waals surface area (Å²) < 4.78 is 23.3. The number of amides is 1. The van der Waals surface area contributed by atoms with E-state index in [1.54, 1.807) is 0 Å². The van der Waals surface area contributed by atoms with Crippen LogP contribution in [0, 0.1) is 0 Å². The topological polar surface area (TPSA) is 82.3 Å². The van der Waals surface area contributed by atoms with Crippen LogP contribution in [0.5, 0.6) is 0 Å². The van der Waals surface area contributed by atoms with Crippen LogP contribution >= 0.6 is 0 Å². The minimum absolute atomic E-state index is 0.0432.